The van der Waals surface area contributed by atoms with Crippen molar-refractivity contribution in [1.82, 2.24) is 25.2 Å². The van der Waals surface area contributed by atoms with E-state index in [0.717, 1.165) is 31.5 Å². The molecule has 2 aromatic rings. The van der Waals surface area contributed by atoms with Crippen LogP contribution in [0, 0.1) is 11.8 Å². The molecule has 27 heavy (non-hydrogen) atoms. The van der Waals surface area contributed by atoms with E-state index in [1.165, 1.54) is 0 Å². The minimum Gasteiger partial charge on any atom is -0.364 e. The lowest BCUT2D eigenvalue weighted by molar-refractivity contribution is -0.133. The van der Waals surface area contributed by atoms with Gasteiger partial charge in [0.2, 0.25) is 5.91 Å². The number of carbonyl (C=O) groups is 2. The van der Waals surface area contributed by atoms with Crippen LogP contribution in [0.2, 0.25) is 0 Å². The van der Waals surface area contributed by atoms with Crippen molar-refractivity contribution in [3.05, 3.63) is 47.8 Å². The fourth-order valence-corrected chi connectivity index (χ4v) is 4.26. The molecule has 4 atom stereocenters. The first kappa shape index (κ1) is 17.7. The molecule has 5 rings (SSSR count). The molecule has 1 aromatic carbocycles. The van der Waals surface area contributed by atoms with Crippen LogP contribution in [-0.2, 0) is 17.9 Å². The third-order valence-electron chi connectivity index (χ3n) is 5.71. The lowest BCUT2D eigenvalue weighted by Crippen LogP contribution is -2.58. The summed E-state index contributed by atoms with van der Waals surface area (Å²) in [5.74, 6) is -0.00353. The van der Waals surface area contributed by atoms with Crippen LogP contribution in [0.15, 0.2) is 36.5 Å². The van der Waals surface area contributed by atoms with Crippen molar-refractivity contribution in [1.29, 1.82) is 0 Å². The topological polar surface area (TPSA) is 106 Å². The monoisotopic (exact) mass is 368 g/mol. The SMILES string of the molecule is NC(=O)c1cn(CC2CC3CCN2CC3C(=O)NCc2ccccc2)nn1. The van der Waals surface area contributed by atoms with Crippen molar-refractivity contribution in [3.63, 3.8) is 0 Å². The summed E-state index contributed by atoms with van der Waals surface area (Å²) in [6.07, 6.45) is 3.59. The Morgan fingerprint density at radius 3 is 2.74 bits per heavy atom. The van der Waals surface area contributed by atoms with Crippen LogP contribution < -0.4 is 11.1 Å². The highest BCUT2D eigenvalue weighted by Gasteiger charge is 2.43. The normalized spacial score (nSPS) is 26.7. The molecule has 1 aromatic heterocycles. The number of nitrogens with one attached hydrogen (secondary N) is 1. The summed E-state index contributed by atoms with van der Waals surface area (Å²) in [6, 6.07) is 10.3. The van der Waals surface area contributed by atoms with Gasteiger partial charge in [0.25, 0.3) is 5.91 Å². The van der Waals surface area contributed by atoms with Crippen molar-refractivity contribution >= 4 is 11.8 Å². The average molecular weight is 368 g/mol. The van der Waals surface area contributed by atoms with Gasteiger partial charge in [0.05, 0.1) is 18.7 Å². The summed E-state index contributed by atoms with van der Waals surface area (Å²) in [6.45, 7) is 3.00. The molecule has 2 amide bonds. The summed E-state index contributed by atoms with van der Waals surface area (Å²) in [4.78, 5) is 26.2. The Kier molecular flexibility index (Phi) is 4.89. The molecule has 3 aliphatic rings. The van der Waals surface area contributed by atoms with E-state index in [1.54, 1.807) is 10.9 Å². The zero-order valence-electron chi connectivity index (χ0n) is 15.1. The Hall–Kier alpha value is -2.74. The van der Waals surface area contributed by atoms with Gasteiger partial charge in [0.15, 0.2) is 5.69 Å². The number of fused-ring (bicyclic) bond motifs is 3. The largest absolute Gasteiger partial charge is 0.364 e. The standard InChI is InChI=1S/C19H24N6O2/c20-18(26)17-12-25(23-22-17)10-15-8-14-6-7-24(15)11-16(14)19(27)21-9-13-4-2-1-3-5-13/h1-5,12,14-16H,6-11H2,(H2,20,26)(H,21,27). The molecule has 3 saturated heterocycles. The summed E-state index contributed by atoms with van der Waals surface area (Å²) < 4.78 is 1.68. The maximum atomic E-state index is 12.7. The summed E-state index contributed by atoms with van der Waals surface area (Å²) >= 11 is 0. The third kappa shape index (κ3) is 3.85. The highest BCUT2D eigenvalue weighted by atomic mass is 16.2. The molecule has 3 fully saturated rings. The zero-order valence-corrected chi connectivity index (χ0v) is 15.1. The number of nitrogens with two attached hydrogens (primary N) is 1. The number of carbonyl (C=O) groups excluding carboxylic acids is 2. The van der Waals surface area contributed by atoms with Gasteiger partial charge in [-0.1, -0.05) is 35.5 Å². The number of piperidine rings is 3. The van der Waals surface area contributed by atoms with Crippen LogP contribution in [0.25, 0.3) is 0 Å². The van der Waals surface area contributed by atoms with Gasteiger partial charge in [-0.05, 0) is 30.9 Å². The zero-order chi connectivity index (χ0) is 18.8. The van der Waals surface area contributed by atoms with Gasteiger partial charge in [-0.2, -0.15) is 0 Å². The highest BCUT2D eigenvalue weighted by molar-refractivity contribution is 5.90. The van der Waals surface area contributed by atoms with E-state index in [0.29, 0.717) is 25.0 Å². The first-order valence-electron chi connectivity index (χ1n) is 9.36. The average Bonchev–Trinajstić information content (AvgIpc) is 3.16. The quantitative estimate of drug-likeness (QED) is 0.768. The second-order valence-electron chi connectivity index (χ2n) is 7.43. The van der Waals surface area contributed by atoms with E-state index in [4.69, 9.17) is 5.73 Å². The lowest BCUT2D eigenvalue weighted by atomic mass is 9.75. The molecule has 0 saturated carbocycles. The number of benzene rings is 1. The van der Waals surface area contributed by atoms with Crippen LogP contribution in [0.5, 0.6) is 0 Å². The maximum absolute atomic E-state index is 12.7. The van der Waals surface area contributed by atoms with Crippen molar-refractivity contribution in [2.24, 2.45) is 17.6 Å². The van der Waals surface area contributed by atoms with E-state index in [-0.39, 0.29) is 17.5 Å². The number of hydrogen-bond acceptors (Lipinski definition) is 5. The lowest BCUT2D eigenvalue weighted by Gasteiger charge is -2.49. The molecule has 3 N–H and O–H groups in total. The Balaban J connectivity index is 1.34. The smallest absolute Gasteiger partial charge is 0.270 e. The first-order chi connectivity index (χ1) is 13.1. The molecule has 8 nitrogen and oxygen atoms in total. The minimum atomic E-state index is -0.568. The van der Waals surface area contributed by atoms with Gasteiger partial charge < -0.3 is 11.1 Å². The Bertz CT molecular complexity index is 821. The summed E-state index contributed by atoms with van der Waals surface area (Å²) in [5, 5.41) is 10.9. The molecule has 8 heteroatoms. The molecule has 0 radical (unpaired) electrons. The van der Waals surface area contributed by atoms with E-state index >= 15 is 0 Å². The van der Waals surface area contributed by atoms with Crippen LogP contribution in [0.3, 0.4) is 0 Å². The van der Waals surface area contributed by atoms with Crippen molar-refractivity contribution in [2.45, 2.75) is 32.0 Å². The fraction of sp³-hybridized carbons (Fsp3) is 0.474. The number of nitrogens with zero attached hydrogens (tertiary/aromatic N) is 4. The van der Waals surface area contributed by atoms with Gasteiger partial charge in [-0.15, -0.1) is 5.10 Å². The van der Waals surface area contributed by atoms with E-state index in [1.807, 2.05) is 30.3 Å². The molecule has 4 heterocycles. The van der Waals surface area contributed by atoms with Gasteiger partial charge >= 0.3 is 0 Å². The number of amides is 2. The Morgan fingerprint density at radius 1 is 1.26 bits per heavy atom. The first-order valence-corrected chi connectivity index (χ1v) is 9.36. The van der Waals surface area contributed by atoms with E-state index in [2.05, 4.69) is 20.5 Å². The summed E-state index contributed by atoms with van der Waals surface area (Å²) in [5.41, 5.74) is 6.53. The van der Waals surface area contributed by atoms with Gasteiger partial charge in [0.1, 0.15) is 0 Å². The number of rotatable bonds is 6. The van der Waals surface area contributed by atoms with Crippen molar-refractivity contribution in [2.75, 3.05) is 13.1 Å². The van der Waals surface area contributed by atoms with E-state index in [9.17, 15) is 9.59 Å². The van der Waals surface area contributed by atoms with Crippen molar-refractivity contribution < 1.29 is 9.59 Å². The van der Waals surface area contributed by atoms with Crippen LogP contribution in [0.1, 0.15) is 28.9 Å². The number of primary amides is 1. The van der Waals surface area contributed by atoms with Gasteiger partial charge in [-0.3, -0.25) is 19.2 Å². The van der Waals surface area contributed by atoms with E-state index < -0.39 is 5.91 Å². The molecule has 0 aliphatic carbocycles. The molecule has 2 bridgehead atoms. The predicted molar refractivity (Wildman–Crippen MR) is 98.4 cm³/mol. The Morgan fingerprint density at radius 2 is 2.07 bits per heavy atom. The van der Waals surface area contributed by atoms with Crippen LogP contribution >= 0.6 is 0 Å². The van der Waals surface area contributed by atoms with Gasteiger partial charge in [0, 0.05) is 19.1 Å². The number of aromatic nitrogens is 3. The molecular formula is C19H24N6O2. The second-order valence-corrected chi connectivity index (χ2v) is 7.43. The fourth-order valence-electron chi connectivity index (χ4n) is 4.26. The Labute approximate surface area is 157 Å². The molecule has 0 spiro atoms. The van der Waals surface area contributed by atoms with Crippen LogP contribution in [0.4, 0.5) is 0 Å². The molecule has 4 unspecified atom stereocenters. The predicted octanol–water partition coefficient (Wildman–Crippen LogP) is 0.404. The minimum absolute atomic E-state index is 0.0376. The maximum Gasteiger partial charge on any atom is 0.270 e. The molecule has 142 valence electrons. The van der Waals surface area contributed by atoms with Crippen LogP contribution in [-0.4, -0.2) is 50.8 Å². The van der Waals surface area contributed by atoms with Gasteiger partial charge in [-0.25, -0.2) is 0 Å². The third-order valence-corrected chi connectivity index (χ3v) is 5.71. The second kappa shape index (κ2) is 7.48. The summed E-state index contributed by atoms with van der Waals surface area (Å²) in [7, 11) is 0. The number of hydrogen-bond donors (Lipinski definition) is 2. The highest BCUT2D eigenvalue weighted by Crippen LogP contribution is 2.36. The molecule has 3 aliphatic heterocycles. The van der Waals surface area contributed by atoms with Crippen molar-refractivity contribution in [3.8, 4) is 0 Å². The molecular weight excluding hydrogens is 344 g/mol.